The molecule has 2 N–H and O–H groups in total. The molecule has 0 saturated heterocycles. The number of nitrogens with one attached hydrogen (secondary N) is 2. The van der Waals surface area contributed by atoms with Crippen LogP contribution in [0.3, 0.4) is 0 Å². The summed E-state index contributed by atoms with van der Waals surface area (Å²) in [6.07, 6.45) is 0. The van der Waals surface area contributed by atoms with Crippen molar-refractivity contribution in [3.05, 3.63) is 50.6 Å². The third-order valence-electron chi connectivity index (χ3n) is 2.87. The van der Waals surface area contributed by atoms with Crippen molar-refractivity contribution in [2.24, 2.45) is 0 Å². The van der Waals surface area contributed by atoms with Gasteiger partial charge in [0, 0.05) is 10.7 Å². The molecule has 0 atom stereocenters. The molecule has 1 aromatic carbocycles. The fourth-order valence-electron chi connectivity index (χ4n) is 1.69. The smallest absolute Gasteiger partial charge is 0.262 e. The molecule has 0 aliphatic carbocycles. The summed E-state index contributed by atoms with van der Waals surface area (Å²) in [7, 11) is 0. The van der Waals surface area contributed by atoms with E-state index >= 15 is 0 Å². The van der Waals surface area contributed by atoms with E-state index in [0.717, 1.165) is 11.3 Å². The summed E-state index contributed by atoms with van der Waals surface area (Å²) in [4.78, 5) is 24.9. The molecule has 22 heavy (non-hydrogen) atoms. The highest BCUT2D eigenvalue weighted by molar-refractivity contribution is 7.18. The maximum absolute atomic E-state index is 12.3. The molecule has 1 heterocycles. The number of carbonyl (C=O) groups is 2. The van der Waals surface area contributed by atoms with E-state index < -0.39 is 5.54 Å². The van der Waals surface area contributed by atoms with Crippen LogP contribution in [0.15, 0.2) is 36.4 Å². The molecule has 0 radical (unpaired) electrons. The molecule has 1 aromatic heterocycles. The summed E-state index contributed by atoms with van der Waals surface area (Å²) < 4.78 is 0.520. The third-order valence-corrected chi connectivity index (χ3v) is 4.34. The van der Waals surface area contributed by atoms with Crippen molar-refractivity contribution in [3.8, 4) is 0 Å². The summed E-state index contributed by atoms with van der Waals surface area (Å²) in [6, 6.07) is 10.1. The van der Waals surface area contributed by atoms with Gasteiger partial charge in [-0.05, 0) is 44.2 Å². The van der Waals surface area contributed by atoms with Gasteiger partial charge in [-0.1, -0.05) is 29.3 Å². The molecular weight excluding hydrogens is 343 g/mol. The minimum absolute atomic E-state index is 0.342. The van der Waals surface area contributed by atoms with Crippen molar-refractivity contribution in [2.45, 2.75) is 19.4 Å². The normalized spacial score (nSPS) is 11.1. The lowest BCUT2D eigenvalue weighted by atomic mass is 10.0. The number of rotatable bonds is 4. The number of hydrogen-bond donors (Lipinski definition) is 2. The summed E-state index contributed by atoms with van der Waals surface area (Å²) in [6.45, 7) is 3.25. The van der Waals surface area contributed by atoms with Gasteiger partial charge in [0.15, 0.2) is 0 Å². The van der Waals surface area contributed by atoms with Crippen molar-refractivity contribution >= 4 is 52.0 Å². The lowest BCUT2D eigenvalue weighted by molar-refractivity contribution is -0.120. The van der Waals surface area contributed by atoms with Crippen LogP contribution in [0.25, 0.3) is 0 Å². The highest BCUT2D eigenvalue weighted by Gasteiger charge is 2.30. The van der Waals surface area contributed by atoms with E-state index in [0.29, 0.717) is 19.9 Å². The summed E-state index contributed by atoms with van der Waals surface area (Å²) in [5.41, 5.74) is -0.519. The van der Waals surface area contributed by atoms with Gasteiger partial charge in [0.2, 0.25) is 5.91 Å². The fourth-order valence-corrected chi connectivity index (χ4v) is 2.82. The van der Waals surface area contributed by atoms with E-state index in [2.05, 4.69) is 10.6 Å². The molecule has 2 rings (SSSR count). The molecule has 0 saturated carbocycles. The summed E-state index contributed by atoms with van der Waals surface area (Å²) in [5, 5.41) is 5.93. The van der Waals surface area contributed by atoms with Crippen molar-refractivity contribution in [3.63, 3.8) is 0 Å². The minimum Gasteiger partial charge on any atom is -0.337 e. The van der Waals surface area contributed by atoms with Gasteiger partial charge in [0.1, 0.15) is 5.54 Å². The van der Waals surface area contributed by atoms with Crippen LogP contribution < -0.4 is 10.6 Å². The lowest BCUT2D eigenvalue weighted by Crippen LogP contribution is -2.52. The Kier molecular flexibility index (Phi) is 5.11. The number of carbonyl (C=O) groups excluding carboxylic acids is 2. The number of hydrogen-bond acceptors (Lipinski definition) is 3. The molecule has 0 spiro atoms. The monoisotopic (exact) mass is 356 g/mol. The highest BCUT2D eigenvalue weighted by atomic mass is 35.5. The first-order valence-corrected chi connectivity index (χ1v) is 8.00. The van der Waals surface area contributed by atoms with Crippen LogP contribution in [-0.2, 0) is 4.79 Å². The van der Waals surface area contributed by atoms with Gasteiger partial charge < -0.3 is 10.6 Å². The van der Waals surface area contributed by atoms with Crippen LogP contribution in [0.2, 0.25) is 9.36 Å². The first-order valence-electron chi connectivity index (χ1n) is 6.43. The van der Waals surface area contributed by atoms with Gasteiger partial charge in [-0.2, -0.15) is 0 Å². The van der Waals surface area contributed by atoms with Crippen molar-refractivity contribution in [2.75, 3.05) is 5.32 Å². The Morgan fingerprint density at radius 2 is 1.86 bits per heavy atom. The Hall–Kier alpha value is -1.56. The van der Waals surface area contributed by atoms with Crippen LogP contribution >= 0.6 is 34.5 Å². The molecule has 0 aliphatic rings. The summed E-state index contributed by atoms with van der Waals surface area (Å²) in [5.74, 6) is -0.686. The molecule has 7 heteroatoms. The largest absolute Gasteiger partial charge is 0.337 e. The molecule has 0 aliphatic heterocycles. The van der Waals surface area contributed by atoms with Crippen LogP contribution in [0.4, 0.5) is 5.69 Å². The Labute approximate surface area is 142 Å². The second-order valence-electron chi connectivity index (χ2n) is 5.15. The molecule has 116 valence electrons. The second kappa shape index (κ2) is 6.69. The predicted octanol–water partition coefficient (Wildman–Crippen LogP) is 4.20. The summed E-state index contributed by atoms with van der Waals surface area (Å²) >= 11 is 12.8. The number of thiophene rings is 1. The van der Waals surface area contributed by atoms with E-state index in [1.807, 2.05) is 0 Å². The first kappa shape index (κ1) is 16.8. The number of benzene rings is 1. The minimum atomic E-state index is -1.09. The highest BCUT2D eigenvalue weighted by Crippen LogP contribution is 2.22. The topological polar surface area (TPSA) is 58.2 Å². The Bertz CT molecular complexity index is 713. The molecule has 0 bridgehead atoms. The van der Waals surface area contributed by atoms with Crippen molar-refractivity contribution in [1.82, 2.24) is 5.32 Å². The van der Waals surface area contributed by atoms with Crippen molar-refractivity contribution < 1.29 is 9.59 Å². The Balaban J connectivity index is 2.05. The van der Waals surface area contributed by atoms with E-state index in [9.17, 15) is 9.59 Å². The standard InChI is InChI=1S/C15H14Cl2N2O2S/c1-15(2,19-13(20)11-6-7-12(17)22-11)14(21)18-10-5-3-4-9(16)8-10/h3-8H,1-2H3,(H,18,21)(H,19,20). The molecule has 2 aromatic rings. The predicted molar refractivity (Wildman–Crippen MR) is 91.0 cm³/mol. The molecule has 4 nitrogen and oxygen atoms in total. The van der Waals surface area contributed by atoms with Crippen molar-refractivity contribution in [1.29, 1.82) is 0 Å². The zero-order valence-corrected chi connectivity index (χ0v) is 14.3. The first-order chi connectivity index (χ1) is 10.3. The van der Waals surface area contributed by atoms with Crippen LogP contribution in [-0.4, -0.2) is 17.4 Å². The van der Waals surface area contributed by atoms with E-state index in [4.69, 9.17) is 23.2 Å². The molecule has 0 unspecified atom stereocenters. The van der Waals surface area contributed by atoms with Crippen LogP contribution in [0.1, 0.15) is 23.5 Å². The van der Waals surface area contributed by atoms with Crippen LogP contribution in [0, 0.1) is 0 Å². The zero-order valence-electron chi connectivity index (χ0n) is 11.9. The van der Waals surface area contributed by atoms with Gasteiger partial charge >= 0.3 is 0 Å². The number of halogens is 2. The van der Waals surface area contributed by atoms with Gasteiger partial charge in [-0.15, -0.1) is 11.3 Å². The zero-order chi connectivity index (χ0) is 16.3. The van der Waals surface area contributed by atoms with Gasteiger partial charge in [0.25, 0.3) is 5.91 Å². The number of anilines is 1. The third kappa shape index (κ3) is 4.22. The molecule has 2 amide bonds. The maximum Gasteiger partial charge on any atom is 0.262 e. The molecule has 0 fully saturated rings. The average Bonchev–Trinajstić information content (AvgIpc) is 2.85. The SMILES string of the molecule is CC(C)(NC(=O)c1ccc(Cl)s1)C(=O)Nc1cccc(Cl)c1. The van der Waals surface area contributed by atoms with Crippen LogP contribution in [0.5, 0.6) is 0 Å². The lowest BCUT2D eigenvalue weighted by Gasteiger charge is -2.25. The maximum atomic E-state index is 12.3. The fraction of sp³-hybridized carbons (Fsp3) is 0.200. The van der Waals surface area contributed by atoms with E-state index in [1.165, 1.54) is 0 Å². The Morgan fingerprint density at radius 1 is 1.14 bits per heavy atom. The molecular formula is C15H14Cl2N2O2S. The second-order valence-corrected chi connectivity index (χ2v) is 7.30. The van der Waals surface area contributed by atoms with Gasteiger partial charge in [-0.25, -0.2) is 0 Å². The van der Waals surface area contributed by atoms with Gasteiger partial charge in [0.05, 0.1) is 9.21 Å². The average molecular weight is 357 g/mol. The Morgan fingerprint density at radius 3 is 2.45 bits per heavy atom. The number of amides is 2. The van der Waals surface area contributed by atoms with Gasteiger partial charge in [-0.3, -0.25) is 9.59 Å². The van der Waals surface area contributed by atoms with E-state index in [-0.39, 0.29) is 11.8 Å². The quantitative estimate of drug-likeness (QED) is 0.862. The van der Waals surface area contributed by atoms with E-state index in [1.54, 1.807) is 50.2 Å².